The summed E-state index contributed by atoms with van der Waals surface area (Å²) in [6, 6.07) is 1.81. The molecule has 0 bridgehead atoms. The summed E-state index contributed by atoms with van der Waals surface area (Å²) >= 11 is 1.98. The Bertz CT molecular complexity index is 557. The largest absolute Gasteiger partial charge is 0.304 e. The van der Waals surface area contributed by atoms with Crippen LogP contribution >= 0.6 is 22.6 Å². The number of H-pyrrole nitrogens is 1. The Balaban J connectivity index is 2.66. The molecule has 0 unspecified atom stereocenters. The molecule has 0 aliphatic rings. The number of hydrogen-bond acceptors (Lipinski definition) is 3. The molecule has 6 heteroatoms. The molecule has 0 aliphatic heterocycles. The van der Waals surface area contributed by atoms with Gasteiger partial charge in [-0.2, -0.15) is 5.10 Å². The normalized spacial score (nSPS) is 10.6. The Hall–Kier alpha value is -1.18. The first-order chi connectivity index (χ1) is 7.09. The molecule has 2 aromatic rings. The number of hydrogen-bond donors (Lipinski definition) is 1. The van der Waals surface area contributed by atoms with Gasteiger partial charge in [0.25, 0.3) is 5.56 Å². The summed E-state index contributed by atoms with van der Waals surface area (Å²) in [4.78, 5) is 18.6. The lowest BCUT2D eigenvalue weighted by Gasteiger charge is -2.03. The molecule has 0 fully saturated rings. The predicted octanol–water partition coefficient (Wildman–Crippen LogP) is 1.08. The van der Waals surface area contributed by atoms with E-state index in [1.807, 2.05) is 42.6 Å². The maximum absolute atomic E-state index is 11.5. The standard InChI is InChI=1S/C9H9IN4O/c1-5-7(10)9(15)13-8(12-5)6-3-4-11-14(6)2/h3-4H,1-2H3,(H,12,13,15). The summed E-state index contributed by atoms with van der Waals surface area (Å²) in [6.07, 6.45) is 1.67. The van der Waals surface area contributed by atoms with Crippen molar-refractivity contribution >= 4 is 22.6 Å². The smallest absolute Gasteiger partial charge is 0.264 e. The molecule has 5 nitrogen and oxygen atoms in total. The van der Waals surface area contributed by atoms with Gasteiger partial charge < -0.3 is 4.98 Å². The van der Waals surface area contributed by atoms with Gasteiger partial charge in [-0.25, -0.2) is 4.98 Å². The zero-order valence-corrected chi connectivity index (χ0v) is 10.4. The van der Waals surface area contributed by atoms with Gasteiger partial charge in [0.2, 0.25) is 0 Å². The molecular weight excluding hydrogens is 307 g/mol. The first kappa shape index (κ1) is 10.3. The molecule has 2 rings (SSSR count). The summed E-state index contributed by atoms with van der Waals surface area (Å²) in [6.45, 7) is 1.82. The fourth-order valence-electron chi connectivity index (χ4n) is 1.30. The van der Waals surface area contributed by atoms with Crippen LogP contribution in [0, 0.1) is 10.5 Å². The lowest BCUT2D eigenvalue weighted by Crippen LogP contribution is -2.15. The second-order valence-electron chi connectivity index (χ2n) is 3.15. The van der Waals surface area contributed by atoms with Crippen LogP contribution < -0.4 is 5.56 Å². The van der Waals surface area contributed by atoms with E-state index in [-0.39, 0.29) is 5.56 Å². The lowest BCUT2D eigenvalue weighted by atomic mass is 10.3. The van der Waals surface area contributed by atoms with Crippen LogP contribution in [-0.4, -0.2) is 19.7 Å². The third kappa shape index (κ3) is 1.81. The molecule has 0 saturated carbocycles. The molecular formula is C9H9IN4O. The number of halogens is 1. The molecule has 78 valence electrons. The number of aromatic amines is 1. The molecule has 1 N–H and O–H groups in total. The van der Waals surface area contributed by atoms with Crippen LogP contribution in [-0.2, 0) is 7.05 Å². The number of nitrogens with one attached hydrogen (secondary N) is 1. The van der Waals surface area contributed by atoms with Crippen molar-refractivity contribution in [1.29, 1.82) is 0 Å². The Morgan fingerprint density at radius 2 is 2.27 bits per heavy atom. The molecule has 0 radical (unpaired) electrons. The molecule has 0 saturated heterocycles. The Labute approximate surface area is 99.7 Å². The number of rotatable bonds is 1. The fourth-order valence-corrected chi connectivity index (χ4v) is 1.55. The van der Waals surface area contributed by atoms with Crippen LogP contribution in [0.1, 0.15) is 5.69 Å². The highest BCUT2D eigenvalue weighted by Crippen LogP contribution is 2.13. The van der Waals surface area contributed by atoms with E-state index < -0.39 is 0 Å². The first-order valence-corrected chi connectivity index (χ1v) is 5.42. The van der Waals surface area contributed by atoms with Crippen LogP contribution in [0.4, 0.5) is 0 Å². The van der Waals surface area contributed by atoms with Crippen molar-refractivity contribution in [3.63, 3.8) is 0 Å². The monoisotopic (exact) mass is 316 g/mol. The van der Waals surface area contributed by atoms with Gasteiger partial charge in [0.1, 0.15) is 5.69 Å². The van der Waals surface area contributed by atoms with Crippen LogP contribution in [0.15, 0.2) is 17.1 Å². The Kier molecular flexibility index (Phi) is 2.59. The minimum Gasteiger partial charge on any atom is -0.304 e. The highest BCUT2D eigenvalue weighted by atomic mass is 127. The molecule has 2 aromatic heterocycles. The topological polar surface area (TPSA) is 63.6 Å². The minimum atomic E-state index is -0.112. The van der Waals surface area contributed by atoms with Crippen LogP contribution in [0.25, 0.3) is 11.5 Å². The molecule has 0 aliphatic carbocycles. The fraction of sp³-hybridized carbons (Fsp3) is 0.222. The SMILES string of the molecule is Cc1nc(-c2ccnn2C)[nH]c(=O)c1I. The van der Waals surface area contributed by atoms with Gasteiger partial charge in [-0.15, -0.1) is 0 Å². The van der Waals surface area contributed by atoms with E-state index >= 15 is 0 Å². The van der Waals surface area contributed by atoms with Crippen LogP contribution in [0.5, 0.6) is 0 Å². The summed E-state index contributed by atoms with van der Waals surface area (Å²) in [5.74, 6) is 0.554. The minimum absolute atomic E-state index is 0.112. The average molecular weight is 316 g/mol. The maximum Gasteiger partial charge on any atom is 0.264 e. The zero-order chi connectivity index (χ0) is 11.0. The maximum atomic E-state index is 11.5. The summed E-state index contributed by atoms with van der Waals surface area (Å²) < 4.78 is 2.29. The lowest BCUT2D eigenvalue weighted by molar-refractivity contribution is 0.768. The quantitative estimate of drug-likeness (QED) is 0.801. The van der Waals surface area contributed by atoms with Crippen molar-refractivity contribution in [3.05, 3.63) is 31.9 Å². The molecule has 0 spiro atoms. The van der Waals surface area contributed by atoms with E-state index in [0.29, 0.717) is 9.39 Å². The second-order valence-corrected chi connectivity index (χ2v) is 4.23. The van der Waals surface area contributed by atoms with Gasteiger partial charge in [-0.1, -0.05) is 0 Å². The molecule has 0 amide bonds. The molecule has 15 heavy (non-hydrogen) atoms. The van der Waals surface area contributed by atoms with E-state index in [9.17, 15) is 4.79 Å². The van der Waals surface area contributed by atoms with Crippen molar-refractivity contribution in [2.24, 2.45) is 7.05 Å². The van der Waals surface area contributed by atoms with E-state index in [4.69, 9.17) is 0 Å². The molecule has 0 atom stereocenters. The van der Waals surface area contributed by atoms with E-state index in [1.54, 1.807) is 10.9 Å². The van der Waals surface area contributed by atoms with E-state index in [2.05, 4.69) is 15.1 Å². The third-order valence-corrected chi connectivity index (χ3v) is 3.36. The average Bonchev–Trinajstić information content (AvgIpc) is 2.60. The van der Waals surface area contributed by atoms with Gasteiger partial charge >= 0.3 is 0 Å². The van der Waals surface area contributed by atoms with Gasteiger partial charge in [0.05, 0.1) is 9.26 Å². The zero-order valence-electron chi connectivity index (χ0n) is 8.28. The van der Waals surface area contributed by atoms with Crippen molar-refractivity contribution in [3.8, 4) is 11.5 Å². The molecule has 0 aromatic carbocycles. The number of aromatic nitrogens is 4. The summed E-state index contributed by atoms with van der Waals surface area (Å²) in [5.41, 5.74) is 1.42. The van der Waals surface area contributed by atoms with E-state index in [0.717, 1.165) is 11.4 Å². The highest BCUT2D eigenvalue weighted by molar-refractivity contribution is 14.1. The van der Waals surface area contributed by atoms with Gasteiger partial charge in [-0.05, 0) is 35.6 Å². The van der Waals surface area contributed by atoms with Crippen molar-refractivity contribution in [2.45, 2.75) is 6.92 Å². The Morgan fingerprint density at radius 3 is 2.80 bits per heavy atom. The number of aryl methyl sites for hydroxylation is 2. The number of nitrogens with zero attached hydrogens (tertiary/aromatic N) is 3. The van der Waals surface area contributed by atoms with Crippen LogP contribution in [0.2, 0.25) is 0 Å². The summed E-state index contributed by atoms with van der Waals surface area (Å²) in [5, 5.41) is 4.03. The van der Waals surface area contributed by atoms with Crippen molar-refractivity contribution in [2.75, 3.05) is 0 Å². The van der Waals surface area contributed by atoms with E-state index in [1.165, 1.54) is 0 Å². The van der Waals surface area contributed by atoms with Gasteiger partial charge in [0.15, 0.2) is 5.82 Å². The van der Waals surface area contributed by atoms with Crippen molar-refractivity contribution < 1.29 is 0 Å². The summed E-state index contributed by atoms with van der Waals surface area (Å²) in [7, 11) is 1.81. The van der Waals surface area contributed by atoms with Gasteiger partial charge in [0, 0.05) is 13.2 Å². The third-order valence-electron chi connectivity index (χ3n) is 2.09. The predicted molar refractivity (Wildman–Crippen MR) is 64.5 cm³/mol. The van der Waals surface area contributed by atoms with Gasteiger partial charge in [-0.3, -0.25) is 9.48 Å². The van der Waals surface area contributed by atoms with Crippen LogP contribution in [0.3, 0.4) is 0 Å². The molecule has 2 heterocycles. The second kappa shape index (κ2) is 3.76. The Morgan fingerprint density at radius 1 is 1.53 bits per heavy atom. The first-order valence-electron chi connectivity index (χ1n) is 4.34. The van der Waals surface area contributed by atoms with Crippen molar-refractivity contribution in [1.82, 2.24) is 19.7 Å². The highest BCUT2D eigenvalue weighted by Gasteiger charge is 2.09.